The average molecular weight is 1640 g/mol. The predicted molar refractivity (Wildman–Crippen MR) is 349 cm³/mol. The molecule has 8 rings (SSSR count). The molecule has 0 saturated carbocycles. The lowest BCUT2D eigenvalue weighted by atomic mass is 9.93. The number of amides is 4. The zero-order chi connectivity index (χ0) is 82.8. The summed E-state index contributed by atoms with van der Waals surface area (Å²) in [5.41, 5.74) is 0. The van der Waals surface area contributed by atoms with Crippen LogP contribution in [0.15, 0.2) is 0 Å². The minimum absolute atomic E-state index is 0.786. The number of hydrogen-bond donors (Lipinski definition) is 27. The maximum absolute atomic E-state index is 13.2. The van der Waals surface area contributed by atoms with E-state index in [4.69, 9.17) is 85.3 Å². The average Bonchev–Trinajstić information content (AvgIpc) is 0.764. The molecular weight excluding hydrogens is 1530 g/mol. The Labute approximate surface area is 636 Å². The number of methoxy groups -OCH3 is 2. The summed E-state index contributed by atoms with van der Waals surface area (Å²) in [6.07, 6.45) is -78.8. The summed E-state index contributed by atoms with van der Waals surface area (Å²) in [6, 6.07) is -7.33. The molecule has 8 fully saturated rings. The molecule has 8 aliphatic rings. The van der Waals surface area contributed by atoms with Crippen molar-refractivity contribution in [3.63, 3.8) is 0 Å². The number of nitrogens with one attached hydrogen (secondary N) is 4. The Hall–Kier alpha value is -3.76. The Morgan fingerprint density at radius 1 is 0.357 bits per heavy atom. The van der Waals surface area contributed by atoms with Crippen LogP contribution in [0, 0.1) is 0 Å². The topological polar surface area (TPSA) is 748 Å². The third-order valence-corrected chi connectivity index (χ3v) is 20.1. The van der Waals surface area contributed by atoms with Crippen molar-refractivity contribution in [3.05, 3.63) is 0 Å². The largest absolute Gasteiger partial charge is 0.394 e. The van der Waals surface area contributed by atoms with Gasteiger partial charge in [-0.05, 0) is 0 Å². The van der Waals surface area contributed by atoms with Gasteiger partial charge in [0.15, 0.2) is 50.3 Å². The zero-order valence-electron chi connectivity index (χ0n) is 61.2. The van der Waals surface area contributed by atoms with Crippen LogP contribution in [0.5, 0.6) is 0 Å². The molecule has 0 spiro atoms. The van der Waals surface area contributed by atoms with Crippen LogP contribution in [0.25, 0.3) is 0 Å². The third-order valence-electron chi connectivity index (χ3n) is 20.1. The van der Waals surface area contributed by atoms with E-state index < -0.39 is 353 Å². The van der Waals surface area contributed by atoms with E-state index in [1.807, 2.05) is 0 Å². The predicted octanol–water partition coefficient (Wildman–Crippen LogP) is -18.5. The normalized spacial score (nSPS) is 45.3. The molecule has 0 radical (unpaired) electrons. The molecule has 4 amide bonds. The Balaban J connectivity index is 1.15. The van der Waals surface area contributed by atoms with Crippen LogP contribution >= 0.6 is 0 Å². The molecule has 0 aromatic heterocycles. The molecule has 112 heavy (non-hydrogen) atoms. The molecule has 49 nitrogen and oxygen atoms in total. The van der Waals surface area contributed by atoms with Crippen LogP contribution < -0.4 is 21.3 Å². The van der Waals surface area contributed by atoms with Gasteiger partial charge in [-0.3, -0.25) is 19.2 Å². The fourth-order valence-corrected chi connectivity index (χ4v) is 14.3. The smallest absolute Gasteiger partial charge is 0.217 e. The number of hydrogen-bond acceptors (Lipinski definition) is 45. The van der Waals surface area contributed by atoms with E-state index in [-0.39, 0.29) is 0 Å². The fraction of sp³-hybridized carbons (Fsp3) is 0.937. The lowest BCUT2D eigenvalue weighted by Crippen LogP contribution is -2.71. The zero-order valence-corrected chi connectivity index (χ0v) is 61.2. The maximum Gasteiger partial charge on any atom is 0.217 e. The first kappa shape index (κ1) is 93.7. The van der Waals surface area contributed by atoms with Crippen molar-refractivity contribution < 1.29 is 222 Å². The van der Waals surface area contributed by atoms with E-state index in [1.54, 1.807) is 0 Å². The summed E-state index contributed by atoms with van der Waals surface area (Å²) in [6.45, 7) is -6.65. The van der Waals surface area contributed by atoms with E-state index in [2.05, 4.69) is 21.3 Å². The molecule has 27 N–H and O–H groups in total. The molecule has 650 valence electrons. The molecule has 0 bridgehead atoms. The molecule has 0 aromatic rings. The van der Waals surface area contributed by atoms with Crippen LogP contribution in [0.3, 0.4) is 0 Å². The van der Waals surface area contributed by atoms with Gasteiger partial charge < -0.3 is 224 Å². The number of aliphatic hydroxyl groups excluding tert-OH is 23. The van der Waals surface area contributed by atoms with Gasteiger partial charge >= 0.3 is 0 Å². The van der Waals surface area contributed by atoms with E-state index >= 15 is 0 Å². The summed E-state index contributed by atoms with van der Waals surface area (Å²) in [5.74, 6) is -3.58. The Kier molecular flexibility index (Phi) is 35.4. The van der Waals surface area contributed by atoms with Gasteiger partial charge in [0.2, 0.25) is 23.6 Å². The van der Waals surface area contributed by atoms with Crippen molar-refractivity contribution in [1.82, 2.24) is 21.3 Å². The van der Waals surface area contributed by atoms with Crippen LogP contribution in [-0.2, 0) is 104 Å². The first-order valence-electron chi connectivity index (χ1n) is 35.7. The van der Waals surface area contributed by atoms with E-state index in [0.29, 0.717) is 0 Å². The van der Waals surface area contributed by atoms with Crippen molar-refractivity contribution in [3.8, 4) is 0 Å². The fourth-order valence-electron chi connectivity index (χ4n) is 14.3. The van der Waals surface area contributed by atoms with Gasteiger partial charge in [0.1, 0.15) is 207 Å². The minimum Gasteiger partial charge on any atom is -0.394 e. The van der Waals surface area contributed by atoms with Crippen molar-refractivity contribution in [2.45, 2.75) is 291 Å². The van der Waals surface area contributed by atoms with Crippen molar-refractivity contribution >= 4 is 23.6 Å². The lowest BCUT2D eigenvalue weighted by molar-refractivity contribution is -0.405. The van der Waals surface area contributed by atoms with Crippen molar-refractivity contribution in [2.75, 3.05) is 80.3 Å². The second kappa shape index (κ2) is 42.3. The number of carbonyl (C=O) groups excluding carboxylic acids is 4. The Bertz CT molecular complexity index is 2900. The lowest BCUT2D eigenvalue weighted by Gasteiger charge is -2.51. The quantitative estimate of drug-likeness (QED) is 0.0284. The first-order chi connectivity index (χ1) is 53.1. The highest BCUT2D eigenvalue weighted by Crippen LogP contribution is 2.40. The maximum atomic E-state index is 13.2. The van der Waals surface area contributed by atoms with Crippen molar-refractivity contribution in [1.29, 1.82) is 0 Å². The SMILES string of the molecule is CO[C@@H]1[C@H](O)[C@@H](O[C@H]2[C@H](O)[C@@H](CO[C@H]3O[C@H](CO)[C@@H](O)[C@H](O)[C@@H]3O[C@@H]3O[C@H](CO)[C@@H](O[C@@H]4O[C@H](CO)[C@H](O)[C@H](O[C@@H]5O[C@H](CO)[C@H](O)[C@H](OC)[C@H]5O)[C@H]4NC(C)=O)[C@H](O)[C@H]3NC(C)=O)O[C@@H](O[C@H]3[C@H](O)[C@@H](NC(C)=O)[C@H](O[C@@H]([C@H](O)[C@H](CO)NC(C)=O)[C@H](O)CO)O[C@@H]3CO)[C@H]2O[C@@H]2OC[C@@H](O)[C@H](O)[C@H]2O)O[C@H](CO)[C@H]1O. The van der Waals surface area contributed by atoms with Gasteiger partial charge in [-0.1, -0.05) is 0 Å². The summed E-state index contributed by atoms with van der Waals surface area (Å²) in [5, 5.41) is 266. The molecular formula is C63H108N4O45. The van der Waals surface area contributed by atoms with Gasteiger partial charge in [0, 0.05) is 41.9 Å². The summed E-state index contributed by atoms with van der Waals surface area (Å²) in [4.78, 5) is 51.2. The van der Waals surface area contributed by atoms with Crippen LogP contribution in [0.1, 0.15) is 27.7 Å². The highest BCUT2D eigenvalue weighted by atomic mass is 16.8. The summed E-state index contributed by atoms with van der Waals surface area (Å²) >= 11 is 0. The molecule has 0 aliphatic carbocycles. The highest BCUT2D eigenvalue weighted by Gasteiger charge is 2.61. The number of rotatable bonds is 34. The molecule has 0 aromatic carbocycles. The summed E-state index contributed by atoms with van der Waals surface area (Å²) < 4.78 is 107. The molecule has 8 heterocycles. The van der Waals surface area contributed by atoms with Gasteiger partial charge in [0.25, 0.3) is 0 Å². The molecule has 8 saturated heterocycles. The van der Waals surface area contributed by atoms with Gasteiger partial charge in [0.05, 0.1) is 72.1 Å². The van der Waals surface area contributed by atoms with Crippen LogP contribution in [0.4, 0.5) is 0 Å². The number of aliphatic hydroxyl groups is 23. The van der Waals surface area contributed by atoms with Gasteiger partial charge in [-0.25, -0.2) is 0 Å². The standard InChI is InChI=1S/C63H108N4O45/c1-17(76)64-21(7-68)34(82)47(22(80)8-69)106-56-31(65-18(2)77)42(90)49(29(14-75)103-56)108-63-55(112-59-44(92)35(83)23(81)15-97-59)53(110-61-46(94)52(96-6)39(87)27(12-73)101-61)40(88)30(105-63)16-98-62-54(43(91)36(84)24(9-70)102-62)111-57-32(66-19(3)78)41(89)48(28(13-74)104-57)107-58-33(67-20(4)79)50(37(85)25(10-71)99-58)109-60-45(93)51(95-5)38(86)26(11-72)100-60/h21-63,68-75,80-94H,7-16H2,1-6H3,(H,64,76)(H,65,77)(H,66,78)(H,67,79)/t21-,22+,23+,24+,25+,26+,27+,28+,29+,30+,31+,32+,33+,34+,35-,36+,37-,38-,39+,40+,41+,42+,43-,44+,45+,46-,47+,48+,49+,50+,51-,52-,53-,54-,55-,56-,57-,58-,59-,60-,61+,62-,63-/m0/s1. The van der Waals surface area contributed by atoms with Crippen LogP contribution in [0.2, 0.25) is 0 Å². The monoisotopic (exact) mass is 1640 g/mol. The Morgan fingerprint density at radius 2 is 0.750 bits per heavy atom. The number of carbonyl (C=O) groups is 4. The summed E-state index contributed by atoms with van der Waals surface area (Å²) in [7, 11) is 2.14. The van der Waals surface area contributed by atoms with E-state index in [0.717, 1.165) is 41.9 Å². The third kappa shape index (κ3) is 21.4. The number of ether oxygens (including phenoxy) is 18. The minimum atomic E-state index is -2.41. The molecule has 49 heteroatoms. The second-order valence-corrected chi connectivity index (χ2v) is 27.9. The highest BCUT2D eigenvalue weighted by molar-refractivity contribution is 5.74. The Morgan fingerprint density at radius 3 is 1.23 bits per heavy atom. The molecule has 43 atom stereocenters. The van der Waals surface area contributed by atoms with E-state index in [9.17, 15) is 137 Å². The second-order valence-electron chi connectivity index (χ2n) is 27.9. The van der Waals surface area contributed by atoms with E-state index in [1.165, 1.54) is 0 Å². The van der Waals surface area contributed by atoms with Crippen molar-refractivity contribution in [2.24, 2.45) is 0 Å². The molecule has 8 aliphatic heterocycles. The van der Waals surface area contributed by atoms with Gasteiger partial charge in [-0.2, -0.15) is 0 Å². The first-order valence-corrected chi connectivity index (χ1v) is 35.7. The van der Waals surface area contributed by atoms with Crippen LogP contribution in [-0.4, -0.2) is 485 Å². The molecule has 0 unspecified atom stereocenters. The van der Waals surface area contributed by atoms with Gasteiger partial charge in [-0.15, -0.1) is 0 Å².